The zero-order chi connectivity index (χ0) is 11.1. The van der Waals surface area contributed by atoms with Gasteiger partial charge in [0.25, 0.3) is 0 Å². The summed E-state index contributed by atoms with van der Waals surface area (Å²) in [7, 11) is 0. The number of ketones is 1. The Balaban J connectivity index is 2.18. The third kappa shape index (κ3) is 2.05. The molecule has 0 radical (unpaired) electrons. The lowest BCUT2D eigenvalue weighted by Gasteiger charge is -2.11. The maximum atomic E-state index is 12.9. The first-order chi connectivity index (χ1) is 7.03. The molecule has 0 N–H and O–H groups in total. The van der Waals surface area contributed by atoms with Crippen LogP contribution in [0.4, 0.5) is 4.39 Å². The molecule has 3 heteroatoms. The SMILES string of the molecule is CC(=O)C1(Cc2ccc(F)c(Cl)c2)CC1. The van der Waals surface area contributed by atoms with E-state index in [2.05, 4.69) is 0 Å². The molecule has 0 amide bonds. The van der Waals surface area contributed by atoms with Crippen LogP contribution in [-0.2, 0) is 11.2 Å². The number of benzene rings is 1. The van der Waals surface area contributed by atoms with Gasteiger partial charge in [-0.05, 0) is 43.9 Å². The van der Waals surface area contributed by atoms with E-state index in [0.29, 0.717) is 6.42 Å². The van der Waals surface area contributed by atoms with Crippen molar-refractivity contribution in [1.29, 1.82) is 0 Å². The molecule has 2 rings (SSSR count). The topological polar surface area (TPSA) is 17.1 Å². The van der Waals surface area contributed by atoms with E-state index in [1.165, 1.54) is 6.07 Å². The summed E-state index contributed by atoms with van der Waals surface area (Å²) < 4.78 is 12.9. The molecule has 0 aliphatic heterocycles. The lowest BCUT2D eigenvalue weighted by molar-refractivity contribution is -0.121. The molecule has 0 heterocycles. The molecular weight excluding hydrogens is 215 g/mol. The van der Waals surface area contributed by atoms with Crippen molar-refractivity contribution in [3.8, 4) is 0 Å². The number of halogens is 2. The monoisotopic (exact) mass is 226 g/mol. The first-order valence-electron chi connectivity index (χ1n) is 4.98. The Morgan fingerprint density at radius 1 is 1.53 bits per heavy atom. The Hall–Kier alpha value is -0.890. The van der Waals surface area contributed by atoms with Gasteiger partial charge in [0, 0.05) is 5.41 Å². The van der Waals surface area contributed by atoms with Crippen molar-refractivity contribution in [2.24, 2.45) is 5.41 Å². The summed E-state index contributed by atoms with van der Waals surface area (Å²) >= 11 is 5.68. The van der Waals surface area contributed by atoms with Gasteiger partial charge in [0.05, 0.1) is 5.02 Å². The van der Waals surface area contributed by atoms with Crippen LogP contribution in [0.25, 0.3) is 0 Å². The Kier molecular flexibility index (Phi) is 2.55. The molecule has 1 aromatic rings. The average molecular weight is 227 g/mol. The van der Waals surface area contributed by atoms with Crippen molar-refractivity contribution in [1.82, 2.24) is 0 Å². The third-order valence-corrected chi connectivity index (χ3v) is 3.42. The van der Waals surface area contributed by atoms with Gasteiger partial charge in [-0.1, -0.05) is 17.7 Å². The summed E-state index contributed by atoms with van der Waals surface area (Å²) in [6.07, 6.45) is 2.57. The average Bonchev–Trinajstić information content (AvgIpc) is 2.93. The number of Topliss-reactive ketones (excluding diaryl/α,β-unsaturated/α-hetero) is 1. The Labute approximate surface area is 93.2 Å². The second-order valence-electron chi connectivity index (χ2n) is 4.26. The first-order valence-corrected chi connectivity index (χ1v) is 5.36. The molecule has 1 aliphatic carbocycles. The van der Waals surface area contributed by atoms with Crippen molar-refractivity contribution in [3.05, 3.63) is 34.6 Å². The van der Waals surface area contributed by atoms with Gasteiger partial charge in [0.15, 0.2) is 0 Å². The maximum absolute atomic E-state index is 12.9. The van der Waals surface area contributed by atoms with Gasteiger partial charge < -0.3 is 0 Å². The highest BCUT2D eigenvalue weighted by atomic mass is 35.5. The highest BCUT2D eigenvalue weighted by Gasteiger charge is 2.46. The van der Waals surface area contributed by atoms with E-state index >= 15 is 0 Å². The lowest BCUT2D eigenvalue weighted by atomic mass is 9.93. The summed E-state index contributed by atoms with van der Waals surface area (Å²) in [4.78, 5) is 11.4. The van der Waals surface area contributed by atoms with Crippen LogP contribution in [0.15, 0.2) is 18.2 Å². The van der Waals surface area contributed by atoms with Crippen molar-refractivity contribution in [2.75, 3.05) is 0 Å². The van der Waals surface area contributed by atoms with E-state index in [4.69, 9.17) is 11.6 Å². The van der Waals surface area contributed by atoms with Crippen molar-refractivity contribution < 1.29 is 9.18 Å². The smallest absolute Gasteiger partial charge is 0.141 e. The van der Waals surface area contributed by atoms with E-state index in [1.54, 1.807) is 19.1 Å². The third-order valence-electron chi connectivity index (χ3n) is 3.13. The second kappa shape index (κ2) is 3.60. The molecule has 80 valence electrons. The van der Waals surface area contributed by atoms with Gasteiger partial charge in [-0.25, -0.2) is 4.39 Å². The van der Waals surface area contributed by atoms with Crippen LogP contribution in [0.2, 0.25) is 5.02 Å². The van der Waals surface area contributed by atoms with Crippen LogP contribution >= 0.6 is 11.6 Å². The van der Waals surface area contributed by atoms with E-state index in [0.717, 1.165) is 18.4 Å². The quantitative estimate of drug-likeness (QED) is 0.772. The van der Waals surface area contributed by atoms with Crippen LogP contribution in [0.1, 0.15) is 25.3 Å². The van der Waals surface area contributed by atoms with Crippen LogP contribution in [0.5, 0.6) is 0 Å². The highest BCUT2D eigenvalue weighted by molar-refractivity contribution is 6.30. The van der Waals surface area contributed by atoms with E-state index in [1.807, 2.05) is 0 Å². The van der Waals surface area contributed by atoms with E-state index in [9.17, 15) is 9.18 Å². The molecule has 0 aromatic heterocycles. The van der Waals surface area contributed by atoms with Crippen molar-refractivity contribution in [2.45, 2.75) is 26.2 Å². The van der Waals surface area contributed by atoms with Gasteiger partial charge in [-0.15, -0.1) is 0 Å². The molecule has 15 heavy (non-hydrogen) atoms. The van der Waals surface area contributed by atoms with E-state index < -0.39 is 5.82 Å². The molecule has 1 nitrogen and oxygen atoms in total. The number of hydrogen-bond donors (Lipinski definition) is 0. The lowest BCUT2D eigenvalue weighted by Crippen LogP contribution is -2.14. The Morgan fingerprint density at radius 3 is 2.67 bits per heavy atom. The minimum Gasteiger partial charge on any atom is -0.299 e. The molecule has 1 saturated carbocycles. The van der Waals surface area contributed by atoms with Gasteiger partial charge in [0.2, 0.25) is 0 Å². The largest absolute Gasteiger partial charge is 0.299 e. The minimum atomic E-state index is -0.409. The fraction of sp³-hybridized carbons (Fsp3) is 0.417. The fourth-order valence-electron chi connectivity index (χ4n) is 1.84. The Morgan fingerprint density at radius 2 is 2.20 bits per heavy atom. The van der Waals surface area contributed by atoms with Gasteiger partial charge >= 0.3 is 0 Å². The molecule has 0 saturated heterocycles. The predicted octanol–water partition coefficient (Wildman–Crippen LogP) is 3.39. The van der Waals surface area contributed by atoms with Crippen LogP contribution < -0.4 is 0 Å². The standard InChI is InChI=1S/C12H12ClFO/c1-8(15)12(4-5-12)7-9-2-3-11(14)10(13)6-9/h2-3,6H,4-5,7H2,1H3. The molecular formula is C12H12ClFO. The summed E-state index contributed by atoms with van der Waals surface area (Å²) in [5.74, 6) is -0.184. The molecule has 0 atom stereocenters. The number of carbonyl (C=O) groups excluding carboxylic acids is 1. The molecule has 0 unspecified atom stereocenters. The number of rotatable bonds is 3. The van der Waals surface area contributed by atoms with Crippen LogP contribution in [-0.4, -0.2) is 5.78 Å². The van der Waals surface area contributed by atoms with E-state index in [-0.39, 0.29) is 16.2 Å². The van der Waals surface area contributed by atoms with Gasteiger partial charge in [-0.3, -0.25) is 4.79 Å². The van der Waals surface area contributed by atoms with Gasteiger partial charge in [-0.2, -0.15) is 0 Å². The van der Waals surface area contributed by atoms with Crippen LogP contribution in [0, 0.1) is 11.2 Å². The molecule has 0 spiro atoms. The fourth-order valence-corrected chi connectivity index (χ4v) is 2.05. The molecule has 1 fully saturated rings. The zero-order valence-corrected chi connectivity index (χ0v) is 9.27. The van der Waals surface area contributed by atoms with Crippen molar-refractivity contribution in [3.63, 3.8) is 0 Å². The Bertz CT molecular complexity index is 410. The predicted molar refractivity (Wildman–Crippen MR) is 57.5 cm³/mol. The normalized spacial score (nSPS) is 17.5. The summed E-state index contributed by atoms with van der Waals surface area (Å²) in [6.45, 7) is 1.62. The van der Waals surface area contributed by atoms with Crippen molar-refractivity contribution >= 4 is 17.4 Å². The number of hydrogen-bond acceptors (Lipinski definition) is 1. The minimum absolute atomic E-state index is 0.131. The molecule has 0 bridgehead atoms. The summed E-state index contributed by atoms with van der Waals surface area (Å²) in [6, 6.07) is 4.66. The zero-order valence-electron chi connectivity index (χ0n) is 8.52. The molecule has 1 aliphatic rings. The van der Waals surface area contributed by atoms with Crippen LogP contribution in [0.3, 0.4) is 0 Å². The highest BCUT2D eigenvalue weighted by Crippen LogP contribution is 2.49. The van der Waals surface area contributed by atoms with Gasteiger partial charge in [0.1, 0.15) is 11.6 Å². The maximum Gasteiger partial charge on any atom is 0.141 e. The summed E-state index contributed by atoms with van der Waals surface area (Å²) in [5.41, 5.74) is 0.760. The molecule has 1 aromatic carbocycles. The first kappa shape index (κ1) is 10.6. The summed E-state index contributed by atoms with van der Waals surface area (Å²) in [5, 5.41) is 0.131. The number of carbonyl (C=O) groups is 1. The second-order valence-corrected chi connectivity index (χ2v) is 4.67.